The van der Waals surface area contributed by atoms with Gasteiger partial charge in [-0.15, -0.1) is 11.3 Å². The molecule has 3 heterocycles. The normalized spacial score (nSPS) is 11.2. The van der Waals surface area contributed by atoms with E-state index in [-0.39, 0.29) is 5.97 Å². The van der Waals surface area contributed by atoms with Crippen LogP contribution in [0.5, 0.6) is 11.6 Å². The second-order valence-corrected chi connectivity index (χ2v) is 7.74. The number of hydrogen-bond donors (Lipinski definition) is 0. The van der Waals surface area contributed by atoms with Gasteiger partial charge in [0.1, 0.15) is 26.9 Å². The summed E-state index contributed by atoms with van der Waals surface area (Å²) in [5, 5.41) is 1.53. The molecule has 0 saturated heterocycles. The van der Waals surface area contributed by atoms with Crippen LogP contribution >= 0.6 is 11.3 Å². The van der Waals surface area contributed by atoms with Crippen molar-refractivity contribution in [3.8, 4) is 11.6 Å². The van der Waals surface area contributed by atoms with Crippen molar-refractivity contribution in [2.75, 3.05) is 6.61 Å². The first-order chi connectivity index (χ1) is 14.4. The third kappa shape index (κ3) is 3.54. The van der Waals surface area contributed by atoms with E-state index in [1.54, 1.807) is 26.0 Å². The molecule has 0 aliphatic heterocycles. The van der Waals surface area contributed by atoms with Crippen molar-refractivity contribution in [2.45, 2.75) is 34.1 Å². The summed E-state index contributed by atoms with van der Waals surface area (Å²) in [6, 6.07) is 6.85. The molecule has 0 bridgehead atoms. The first kappa shape index (κ1) is 20.0. The first-order valence-electron chi connectivity index (χ1n) is 9.60. The number of nitrogens with zero attached hydrogens (tertiary/aromatic N) is 2. The molecular formula is C22H20N2O5S. The number of aryl methyl sites for hydroxylation is 3. The van der Waals surface area contributed by atoms with Crippen LogP contribution in [0.3, 0.4) is 0 Å². The zero-order valence-corrected chi connectivity index (χ0v) is 17.9. The molecule has 154 valence electrons. The number of benzene rings is 1. The average molecular weight is 424 g/mol. The van der Waals surface area contributed by atoms with E-state index in [0.29, 0.717) is 50.3 Å². The van der Waals surface area contributed by atoms with Crippen LogP contribution in [0.4, 0.5) is 0 Å². The molecule has 0 saturated carbocycles. The Balaban J connectivity index is 1.82. The summed E-state index contributed by atoms with van der Waals surface area (Å²) in [5.41, 5.74) is 1.68. The standard InChI is InChI=1S/C22H20N2O5S/c1-5-13-9-17(25)29-16-10-14(7-8-15(13)16)28-20-18-11(3)19(22(26)27-6-2)30-21(18)24-12(4)23-20/h7-10H,5-6H2,1-4H3. The van der Waals surface area contributed by atoms with Gasteiger partial charge in [0.15, 0.2) is 0 Å². The Kier molecular flexibility index (Phi) is 5.26. The summed E-state index contributed by atoms with van der Waals surface area (Å²) in [6.45, 7) is 7.63. The van der Waals surface area contributed by atoms with Gasteiger partial charge >= 0.3 is 11.6 Å². The molecule has 4 rings (SSSR count). The lowest BCUT2D eigenvalue weighted by molar-refractivity contribution is 0.0531. The second kappa shape index (κ2) is 7.87. The Hall–Kier alpha value is -3.26. The summed E-state index contributed by atoms with van der Waals surface area (Å²) in [6.07, 6.45) is 0.721. The first-order valence-corrected chi connectivity index (χ1v) is 10.4. The van der Waals surface area contributed by atoms with Crippen molar-refractivity contribution in [3.05, 3.63) is 56.5 Å². The minimum Gasteiger partial charge on any atom is -0.462 e. The zero-order chi connectivity index (χ0) is 21.4. The van der Waals surface area contributed by atoms with Gasteiger partial charge in [0.05, 0.1) is 12.0 Å². The van der Waals surface area contributed by atoms with Crippen molar-refractivity contribution in [1.29, 1.82) is 0 Å². The second-order valence-electron chi connectivity index (χ2n) is 6.74. The third-order valence-corrected chi connectivity index (χ3v) is 5.89. The number of aromatic nitrogens is 2. The van der Waals surface area contributed by atoms with Crippen LogP contribution in [-0.4, -0.2) is 22.5 Å². The number of carbonyl (C=O) groups is 1. The Morgan fingerprint density at radius 2 is 1.97 bits per heavy atom. The smallest absolute Gasteiger partial charge is 0.348 e. The van der Waals surface area contributed by atoms with Crippen molar-refractivity contribution in [3.63, 3.8) is 0 Å². The molecule has 30 heavy (non-hydrogen) atoms. The molecule has 0 amide bonds. The quantitative estimate of drug-likeness (QED) is 0.331. The maximum absolute atomic E-state index is 12.3. The topological polar surface area (TPSA) is 91.5 Å². The van der Waals surface area contributed by atoms with E-state index < -0.39 is 5.63 Å². The van der Waals surface area contributed by atoms with Crippen LogP contribution in [0.2, 0.25) is 0 Å². The number of carbonyl (C=O) groups excluding carboxylic acids is 1. The Bertz CT molecular complexity index is 1340. The molecule has 0 aliphatic carbocycles. The number of thiophene rings is 1. The average Bonchev–Trinajstić information content (AvgIpc) is 3.03. The molecule has 0 unspecified atom stereocenters. The number of fused-ring (bicyclic) bond motifs is 2. The fourth-order valence-corrected chi connectivity index (χ4v) is 4.46. The summed E-state index contributed by atoms with van der Waals surface area (Å²) >= 11 is 1.25. The van der Waals surface area contributed by atoms with Gasteiger partial charge in [-0.1, -0.05) is 6.92 Å². The lowest BCUT2D eigenvalue weighted by Crippen LogP contribution is -2.03. The molecule has 0 radical (unpaired) electrons. The van der Waals surface area contributed by atoms with Crippen molar-refractivity contribution < 1.29 is 18.7 Å². The minimum absolute atomic E-state index is 0.294. The Morgan fingerprint density at radius 3 is 2.70 bits per heavy atom. The highest BCUT2D eigenvalue weighted by Crippen LogP contribution is 2.37. The van der Waals surface area contributed by atoms with Gasteiger partial charge in [0.25, 0.3) is 0 Å². The summed E-state index contributed by atoms with van der Waals surface area (Å²) in [4.78, 5) is 34.1. The van der Waals surface area contributed by atoms with Gasteiger partial charge in [0, 0.05) is 17.5 Å². The number of esters is 1. The summed E-state index contributed by atoms with van der Waals surface area (Å²) in [5.74, 6) is 0.952. The Labute approximate surface area is 176 Å². The van der Waals surface area contributed by atoms with Crippen molar-refractivity contribution >= 4 is 38.5 Å². The van der Waals surface area contributed by atoms with Crippen molar-refractivity contribution in [2.24, 2.45) is 0 Å². The van der Waals surface area contributed by atoms with Crippen LogP contribution in [0.1, 0.15) is 40.5 Å². The lowest BCUT2D eigenvalue weighted by atomic mass is 10.1. The van der Waals surface area contributed by atoms with E-state index in [1.807, 2.05) is 19.9 Å². The van der Waals surface area contributed by atoms with E-state index in [4.69, 9.17) is 13.9 Å². The lowest BCUT2D eigenvalue weighted by Gasteiger charge is -2.09. The molecule has 4 aromatic rings. The maximum atomic E-state index is 12.3. The largest absolute Gasteiger partial charge is 0.462 e. The molecule has 0 aliphatic rings. The molecule has 0 atom stereocenters. The Morgan fingerprint density at radius 1 is 1.17 bits per heavy atom. The molecular weight excluding hydrogens is 404 g/mol. The van der Waals surface area contributed by atoms with Crippen LogP contribution in [0, 0.1) is 13.8 Å². The van der Waals surface area contributed by atoms with Crippen LogP contribution in [0.25, 0.3) is 21.2 Å². The third-order valence-electron chi connectivity index (χ3n) is 4.73. The van der Waals surface area contributed by atoms with Gasteiger partial charge < -0.3 is 13.9 Å². The highest BCUT2D eigenvalue weighted by Gasteiger charge is 2.22. The number of ether oxygens (including phenoxy) is 2. The summed E-state index contributed by atoms with van der Waals surface area (Å²) < 4.78 is 16.6. The number of rotatable bonds is 5. The SMILES string of the molecule is CCOC(=O)c1sc2nc(C)nc(Oc3ccc4c(CC)cc(=O)oc4c3)c2c1C. The fourth-order valence-electron chi connectivity index (χ4n) is 3.35. The molecule has 1 aromatic carbocycles. The monoisotopic (exact) mass is 424 g/mol. The van der Waals surface area contributed by atoms with Crippen LogP contribution in [0.15, 0.2) is 33.5 Å². The molecule has 3 aromatic heterocycles. The van der Waals surface area contributed by atoms with Crippen molar-refractivity contribution in [1.82, 2.24) is 9.97 Å². The van der Waals surface area contributed by atoms with E-state index >= 15 is 0 Å². The predicted molar refractivity (Wildman–Crippen MR) is 115 cm³/mol. The van der Waals surface area contributed by atoms with Crippen LogP contribution in [-0.2, 0) is 11.2 Å². The van der Waals surface area contributed by atoms with Gasteiger partial charge in [-0.25, -0.2) is 14.6 Å². The van der Waals surface area contributed by atoms with E-state index in [9.17, 15) is 9.59 Å². The minimum atomic E-state index is -0.399. The number of hydrogen-bond acceptors (Lipinski definition) is 8. The van der Waals surface area contributed by atoms with E-state index in [0.717, 1.165) is 17.4 Å². The summed E-state index contributed by atoms with van der Waals surface area (Å²) in [7, 11) is 0. The highest BCUT2D eigenvalue weighted by atomic mass is 32.1. The molecule has 0 spiro atoms. The van der Waals surface area contributed by atoms with Gasteiger partial charge in [-0.3, -0.25) is 0 Å². The highest BCUT2D eigenvalue weighted by molar-refractivity contribution is 7.20. The predicted octanol–water partition coefficient (Wildman–Crippen LogP) is 4.95. The fraction of sp³-hybridized carbons (Fsp3) is 0.273. The van der Waals surface area contributed by atoms with Gasteiger partial charge in [-0.2, -0.15) is 4.98 Å². The molecule has 0 fully saturated rings. The molecule has 8 heteroatoms. The molecule has 7 nitrogen and oxygen atoms in total. The van der Waals surface area contributed by atoms with Gasteiger partial charge in [0.2, 0.25) is 5.88 Å². The van der Waals surface area contributed by atoms with Crippen LogP contribution < -0.4 is 10.4 Å². The molecule has 0 N–H and O–H groups in total. The maximum Gasteiger partial charge on any atom is 0.348 e. The van der Waals surface area contributed by atoms with E-state index in [1.165, 1.54) is 17.4 Å². The zero-order valence-electron chi connectivity index (χ0n) is 17.1. The van der Waals surface area contributed by atoms with Gasteiger partial charge in [-0.05, 0) is 50.5 Å². The van der Waals surface area contributed by atoms with E-state index in [2.05, 4.69) is 9.97 Å².